The van der Waals surface area contributed by atoms with Crippen molar-refractivity contribution < 1.29 is 9.59 Å². The van der Waals surface area contributed by atoms with Gasteiger partial charge in [-0.2, -0.15) is 0 Å². The number of hydrazine groups is 1. The third-order valence-electron chi connectivity index (χ3n) is 3.95. The van der Waals surface area contributed by atoms with Crippen LogP contribution in [0.4, 0.5) is 0 Å². The van der Waals surface area contributed by atoms with E-state index in [1.54, 1.807) is 24.3 Å². The normalized spacial score (nSPS) is 16.4. The average molecular weight is 299 g/mol. The number of hydrogen-bond acceptors (Lipinski definition) is 2. The summed E-state index contributed by atoms with van der Waals surface area (Å²) in [6, 6.07) is 12.6. The van der Waals surface area contributed by atoms with Crippen LogP contribution < -0.4 is 0 Å². The van der Waals surface area contributed by atoms with Crippen LogP contribution in [0, 0.1) is 0 Å². The van der Waals surface area contributed by atoms with E-state index in [2.05, 4.69) is 0 Å². The molecule has 21 heavy (non-hydrogen) atoms. The molecule has 2 amide bonds. The lowest BCUT2D eigenvalue weighted by atomic mass is 9.99. The van der Waals surface area contributed by atoms with Crippen LogP contribution in [-0.4, -0.2) is 21.8 Å². The summed E-state index contributed by atoms with van der Waals surface area (Å²) < 4.78 is 0. The number of amides is 2. The van der Waals surface area contributed by atoms with Crippen molar-refractivity contribution in [2.75, 3.05) is 0 Å². The van der Waals surface area contributed by atoms with Crippen molar-refractivity contribution in [2.45, 2.75) is 13.1 Å². The van der Waals surface area contributed by atoms with Gasteiger partial charge in [-0.25, -0.2) is 10.0 Å². The predicted octanol–water partition coefficient (Wildman–Crippen LogP) is 2.87. The number of nitrogens with zero attached hydrogens (tertiary/aromatic N) is 2. The monoisotopic (exact) mass is 298 g/mol. The summed E-state index contributed by atoms with van der Waals surface area (Å²) in [5.41, 5.74) is 2.94. The number of rotatable bonds is 0. The van der Waals surface area contributed by atoms with Gasteiger partial charge in [0.25, 0.3) is 11.8 Å². The Morgan fingerprint density at radius 3 is 2.19 bits per heavy atom. The highest BCUT2D eigenvalue weighted by Gasteiger charge is 2.38. The first kappa shape index (κ1) is 12.4. The first-order valence-corrected chi connectivity index (χ1v) is 7.03. The van der Waals surface area contributed by atoms with Gasteiger partial charge in [-0.1, -0.05) is 35.9 Å². The van der Waals surface area contributed by atoms with Crippen LogP contribution in [0.5, 0.6) is 0 Å². The highest BCUT2D eigenvalue weighted by molar-refractivity contribution is 6.31. The molecule has 0 unspecified atom stereocenters. The molecule has 0 N–H and O–H groups in total. The van der Waals surface area contributed by atoms with Crippen LogP contribution in [0.15, 0.2) is 42.5 Å². The van der Waals surface area contributed by atoms with E-state index in [0.29, 0.717) is 29.2 Å². The molecule has 2 aliphatic heterocycles. The third-order valence-corrected chi connectivity index (χ3v) is 4.19. The fourth-order valence-electron chi connectivity index (χ4n) is 2.89. The number of benzene rings is 2. The van der Waals surface area contributed by atoms with Crippen LogP contribution >= 0.6 is 11.6 Å². The lowest BCUT2D eigenvalue weighted by molar-refractivity contribution is -0.0218. The van der Waals surface area contributed by atoms with Crippen molar-refractivity contribution in [3.63, 3.8) is 0 Å². The van der Waals surface area contributed by atoms with E-state index in [4.69, 9.17) is 11.6 Å². The second kappa shape index (κ2) is 4.33. The van der Waals surface area contributed by atoms with Crippen LogP contribution in [0.3, 0.4) is 0 Å². The van der Waals surface area contributed by atoms with Gasteiger partial charge in [-0.15, -0.1) is 0 Å². The number of carbonyl (C=O) groups excluding carboxylic acids is 2. The van der Waals surface area contributed by atoms with Gasteiger partial charge < -0.3 is 0 Å². The smallest absolute Gasteiger partial charge is 0.267 e. The topological polar surface area (TPSA) is 40.6 Å². The predicted molar refractivity (Wildman–Crippen MR) is 77.6 cm³/mol. The Morgan fingerprint density at radius 1 is 0.810 bits per heavy atom. The Hall–Kier alpha value is -2.33. The summed E-state index contributed by atoms with van der Waals surface area (Å²) in [6.07, 6.45) is 0. The maximum atomic E-state index is 12.6. The fourth-order valence-corrected chi connectivity index (χ4v) is 3.06. The van der Waals surface area contributed by atoms with Gasteiger partial charge >= 0.3 is 0 Å². The minimum absolute atomic E-state index is 0.134. The van der Waals surface area contributed by atoms with Crippen LogP contribution in [0.25, 0.3) is 0 Å². The largest absolute Gasteiger partial charge is 0.273 e. The van der Waals surface area contributed by atoms with E-state index in [0.717, 1.165) is 11.1 Å². The highest BCUT2D eigenvalue weighted by Crippen LogP contribution is 2.31. The molecular weight excluding hydrogens is 288 g/mol. The molecule has 0 aliphatic carbocycles. The molecule has 0 saturated heterocycles. The second-order valence-electron chi connectivity index (χ2n) is 5.18. The molecule has 2 aromatic carbocycles. The Kier molecular flexibility index (Phi) is 2.56. The first-order chi connectivity index (χ1) is 10.1. The minimum atomic E-state index is -0.179. The third kappa shape index (κ3) is 1.76. The first-order valence-electron chi connectivity index (χ1n) is 6.65. The quantitative estimate of drug-likeness (QED) is 0.750. The maximum absolute atomic E-state index is 12.6. The number of hydrogen-bond donors (Lipinski definition) is 0. The van der Waals surface area contributed by atoms with Gasteiger partial charge in [0.15, 0.2) is 0 Å². The number of halogens is 1. The van der Waals surface area contributed by atoms with Gasteiger partial charge in [-0.3, -0.25) is 9.59 Å². The summed E-state index contributed by atoms with van der Waals surface area (Å²) in [5.74, 6) is -0.313. The SMILES string of the molecule is O=C1c2ccccc2CN2C(=O)c3cc(Cl)ccc3CN12. The molecule has 0 radical (unpaired) electrons. The van der Waals surface area contributed by atoms with Gasteiger partial charge in [0.05, 0.1) is 13.1 Å². The van der Waals surface area contributed by atoms with Gasteiger partial charge in [0.2, 0.25) is 0 Å². The zero-order valence-electron chi connectivity index (χ0n) is 11.0. The van der Waals surface area contributed by atoms with Crippen LogP contribution in [0.1, 0.15) is 31.8 Å². The van der Waals surface area contributed by atoms with Crippen LogP contribution in [-0.2, 0) is 13.1 Å². The maximum Gasteiger partial charge on any atom is 0.273 e. The van der Waals surface area contributed by atoms with E-state index >= 15 is 0 Å². The van der Waals surface area contributed by atoms with E-state index < -0.39 is 0 Å². The number of carbonyl (C=O) groups is 2. The molecule has 0 fully saturated rings. The van der Waals surface area contributed by atoms with Gasteiger partial charge in [0.1, 0.15) is 0 Å². The molecule has 0 atom stereocenters. The molecule has 2 aromatic rings. The summed E-state index contributed by atoms with van der Waals surface area (Å²) in [6.45, 7) is 0.804. The lowest BCUT2D eigenvalue weighted by Crippen LogP contribution is -2.54. The standard InChI is InChI=1S/C16H11ClN2O2/c17-12-6-5-11-9-18-15(20)13-4-2-1-3-10(13)8-19(18)16(21)14(11)7-12/h1-7H,8-9H2. The molecule has 0 aromatic heterocycles. The lowest BCUT2D eigenvalue weighted by Gasteiger charge is -2.42. The zero-order valence-corrected chi connectivity index (χ0v) is 11.8. The van der Waals surface area contributed by atoms with E-state index in [1.807, 2.05) is 18.2 Å². The second-order valence-corrected chi connectivity index (χ2v) is 5.62. The van der Waals surface area contributed by atoms with Crippen LogP contribution in [0.2, 0.25) is 5.02 Å². The molecule has 0 saturated carbocycles. The van der Waals surface area contributed by atoms with Crippen molar-refractivity contribution in [1.82, 2.24) is 10.0 Å². The molecular formula is C16H11ClN2O2. The highest BCUT2D eigenvalue weighted by atomic mass is 35.5. The molecule has 2 heterocycles. The number of fused-ring (bicyclic) bond motifs is 3. The van der Waals surface area contributed by atoms with Gasteiger partial charge in [-0.05, 0) is 29.3 Å². The Balaban J connectivity index is 1.83. The zero-order chi connectivity index (χ0) is 14.6. The van der Waals surface area contributed by atoms with Crippen molar-refractivity contribution in [1.29, 1.82) is 0 Å². The van der Waals surface area contributed by atoms with Gasteiger partial charge in [0, 0.05) is 16.1 Å². The summed E-state index contributed by atoms with van der Waals surface area (Å²) in [5, 5.41) is 3.55. The molecule has 5 heteroatoms. The Morgan fingerprint density at radius 2 is 1.43 bits per heavy atom. The molecule has 0 spiro atoms. The Bertz CT molecular complexity index is 788. The summed E-state index contributed by atoms with van der Waals surface area (Å²) in [7, 11) is 0. The summed E-state index contributed by atoms with van der Waals surface area (Å²) in [4.78, 5) is 25.2. The summed E-state index contributed by atoms with van der Waals surface area (Å²) >= 11 is 5.98. The van der Waals surface area contributed by atoms with E-state index in [1.165, 1.54) is 10.0 Å². The van der Waals surface area contributed by atoms with Crippen molar-refractivity contribution >= 4 is 23.4 Å². The molecule has 4 nitrogen and oxygen atoms in total. The average Bonchev–Trinajstić information content (AvgIpc) is 2.50. The van der Waals surface area contributed by atoms with Crippen molar-refractivity contribution in [3.8, 4) is 0 Å². The minimum Gasteiger partial charge on any atom is -0.267 e. The van der Waals surface area contributed by atoms with Crippen molar-refractivity contribution in [2.24, 2.45) is 0 Å². The molecule has 104 valence electrons. The fraction of sp³-hybridized carbons (Fsp3) is 0.125. The molecule has 0 bridgehead atoms. The van der Waals surface area contributed by atoms with E-state index in [9.17, 15) is 9.59 Å². The molecule has 2 aliphatic rings. The van der Waals surface area contributed by atoms with E-state index in [-0.39, 0.29) is 11.8 Å². The van der Waals surface area contributed by atoms with Crippen molar-refractivity contribution in [3.05, 3.63) is 69.7 Å². The molecule has 4 rings (SSSR count). The Labute approximate surface area is 126 Å².